The Morgan fingerprint density at radius 2 is 1.95 bits per heavy atom. The van der Waals surface area contributed by atoms with E-state index >= 15 is 0 Å². The molecule has 22 heavy (non-hydrogen) atoms. The van der Waals surface area contributed by atoms with Crippen LogP contribution in [0.25, 0.3) is 0 Å². The van der Waals surface area contributed by atoms with Gasteiger partial charge in [-0.25, -0.2) is 0 Å². The third-order valence-electron chi connectivity index (χ3n) is 3.84. The molecule has 0 aliphatic carbocycles. The van der Waals surface area contributed by atoms with Crippen LogP contribution in [0.15, 0.2) is 48.5 Å². The first-order valence-electron chi connectivity index (χ1n) is 7.35. The second-order valence-corrected chi connectivity index (χ2v) is 5.66. The number of fused-ring (bicyclic) bond motifs is 1. The van der Waals surface area contributed by atoms with Crippen LogP contribution in [0, 0.1) is 6.92 Å². The van der Waals surface area contributed by atoms with Crippen LogP contribution in [0.5, 0.6) is 0 Å². The van der Waals surface area contributed by atoms with E-state index in [1.54, 1.807) is 4.90 Å². The smallest absolute Gasteiger partial charge is 0.258 e. The molecule has 2 aromatic rings. The first-order chi connectivity index (χ1) is 10.6. The molecule has 112 valence electrons. The molecule has 0 saturated heterocycles. The van der Waals surface area contributed by atoms with Gasteiger partial charge in [0.25, 0.3) is 5.91 Å². The number of anilines is 2. The molecule has 1 atom stereocenters. The minimum atomic E-state index is -0.198. The van der Waals surface area contributed by atoms with E-state index in [1.165, 1.54) is 0 Å². The molecule has 0 bridgehead atoms. The lowest BCUT2D eigenvalue weighted by atomic mass is 10.1. The fourth-order valence-electron chi connectivity index (χ4n) is 2.81. The van der Waals surface area contributed by atoms with Crippen molar-refractivity contribution < 1.29 is 9.59 Å². The van der Waals surface area contributed by atoms with Crippen molar-refractivity contribution in [2.75, 3.05) is 10.2 Å². The second kappa shape index (κ2) is 5.64. The minimum absolute atomic E-state index is 0.0699. The van der Waals surface area contributed by atoms with Gasteiger partial charge < -0.3 is 10.2 Å². The summed E-state index contributed by atoms with van der Waals surface area (Å²) < 4.78 is 0. The third-order valence-corrected chi connectivity index (χ3v) is 3.84. The molecular formula is C18H18N2O2. The molecular weight excluding hydrogens is 276 g/mol. The summed E-state index contributed by atoms with van der Waals surface area (Å²) in [5.41, 5.74) is 3.09. The highest BCUT2D eigenvalue weighted by Gasteiger charge is 2.30. The summed E-state index contributed by atoms with van der Waals surface area (Å²) in [7, 11) is 0. The number of nitrogens with zero attached hydrogens (tertiary/aromatic N) is 1. The number of carbonyl (C=O) groups excluding carboxylic acids is 2. The van der Waals surface area contributed by atoms with Crippen LogP contribution in [-0.4, -0.2) is 17.9 Å². The Kier molecular flexibility index (Phi) is 3.67. The van der Waals surface area contributed by atoms with Gasteiger partial charge in [-0.1, -0.05) is 29.8 Å². The topological polar surface area (TPSA) is 49.4 Å². The van der Waals surface area contributed by atoms with Gasteiger partial charge in [-0.15, -0.1) is 0 Å². The monoisotopic (exact) mass is 294 g/mol. The molecule has 0 radical (unpaired) electrons. The fraction of sp³-hybridized carbons (Fsp3) is 0.222. The van der Waals surface area contributed by atoms with Crippen LogP contribution in [0.3, 0.4) is 0 Å². The number of aryl methyl sites for hydroxylation is 1. The zero-order valence-corrected chi connectivity index (χ0v) is 12.7. The normalized spacial score (nSPS) is 17.5. The maximum atomic E-state index is 13.0. The van der Waals surface area contributed by atoms with Crippen molar-refractivity contribution >= 4 is 23.2 Å². The van der Waals surface area contributed by atoms with Crippen molar-refractivity contribution in [2.24, 2.45) is 0 Å². The Balaban J connectivity index is 2.08. The molecule has 2 aromatic carbocycles. The fourth-order valence-corrected chi connectivity index (χ4v) is 2.81. The highest BCUT2D eigenvalue weighted by Crippen LogP contribution is 2.32. The van der Waals surface area contributed by atoms with Gasteiger partial charge in [-0.3, -0.25) is 9.59 Å². The van der Waals surface area contributed by atoms with Crippen LogP contribution in [0.2, 0.25) is 0 Å². The summed E-state index contributed by atoms with van der Waals surface area (Å²) in [5.74, 6) is -0.153. The van der Waals surface area contributed by atoms with E-state index in [9.17, 15) is 9.59 Å². The number of nitrogens with one attached hydrogen (secondary N) is 1. The maximum Gasteiger partial charge on any atom is 0.258 e. The van der Waals surface area contributed by atoms with Crippen molar-refractivity contribution in [3.63, 3.8) is 0 Å². The molecule has 1 aliphatic rings. The average Bonchev–Trinajstić information content (AvgIpc) is 2.61. The number of para-hydroxylation sites is 2. The molecule has 4 heteroatoms. The van der Waals surface area contributed by atoms with E-state index in [1.807, 2.05) is 62.4 Å². The lowest BCUT2D eigenvalue weighted by molar-refractivity contribution is -0.116. The quantitative estimate of drug-likeness (QED) is 0.876. The van der Waals surface area contributed by atoms with E-state index in [2.05, 4.69) is 5.32 Å². The van der Waals surface area contributed by atoms with E-state index in [0.717, 1.165) is 11.3 Å². The van der Waals surface area contributed by atoms with Crippen LogP contribution in [0.1, 0.15) is 29.3 Å². The van der Waals surface area contributed by atoms with Gasteiger partial charge in [0.05, 0.1) is 11.4 Å². The van der Waals surface area contributed by atoms with Gasteiger partial charge >= 0.3 is 0 Å². The van der Waals surface area contributed by atoms with Gasteiger partial charge in [0.2, 0.25) is 5.91 Å². The molecule has 0 unspecified atom stereocenters. The van der Waals surface area contributed by atoms with Crippen LogP contribution < -0.4 is 10.2 Å². The number of rotatable bonds is 1. The first-order valence-corrected chi connectivity index (χ1v) is 7.35. The van der Waals surface area contributed by atoms with Crippen molar-refractivity contribution in [3.8, 4) is 0 Å². The summed E-state index contributed by atoms with van der Waals surface area (Å²) in [6.07, 6.45) is 0.284. The molecule has 0 fully saturated rings. The van der Waals surface area contributed by atoms with Crippen molar-refractivity contribution in [1.29, 1.82) is 0 Å². The molecule has 3 rings (SSSR count). The standard InChI is InChI=1S/C18H18N2O2/c1-12-6-5-7-14(10-12)18(22)20-13(2)11-17(21)19-15-8-3-4-9-16(15)20/h3-10,13H,11H2,1-2H3,(H,19,21)/t13-/m1/s1. The van der Waals surface area contributed by atoms with E-state index in [0.29, 0.717) is 11.3 Å². The molecule has 2 amide bonds. The van der Waals surface area contributed by atoms with Crippen LogP contribution >= 0.6 is 0 Å². The van der Waals surface area contributed by atoms with Crippen LogP contribution in [0.4, 0.5) is 11.4 Å². The lowest BCUT2D eigenvalue weighted by Gasteiger charge is -2.28. The number of carbonyl (C=O) groups is 2. The van der Waals surface area contributed by atoms with E-state index < -0.39 is 0 Å². The molecule has 4 nitrogen and oxygen atoms in total. The van der Waals surface area contributed by atoms with E-state index in [4.69, 9.17) is 0 Å². The van der Waals surface area contributed by atoms with Crippen molar-refractivity contribution in [1.82, 2.24) is 0 Å². The van der Waals surface area contributed by atoms with Crippen molar-refractivity contribution in [3.05, 3.63) is 59.7 Å². The van der Waals surface area contributed by atoms with Gasteiger partial charge in [0.15, 0.2) is 0 Å². The number of benzene rings is 2. The molecule has 1 N–H and O–H groups in total. The molecule has 0 spiro atoms. The Morgan fingerprint density at radius 1 is 1.18 bits per heavy atom. The zero-order valence-electron chi connectivity index (χ0n) is 12.7. The summed E-state index contributed by atoms with van der Waals surface area (Å²) in [5, 5.41) is 2.87. The zero-order chi connectivity index (χ0) is 15.7. The molecule has 0 aromatic heterocycles. The van der Waals surface area contributed by atoms with Crippen LogP contribution in [-0.2, 0) is 4.79 Å². The number of hydrogen-bond donors (Lipinski definition) is 1. The summed E-state index contributed by atoms with van der Waals surface area (Å²) >= 11 is 0. The molecule has 1 aliphatic heterocycles. The Morgan fingerprint density at radius 3 is 2.73 bits per heavy atom. The Bertz CT molecular complexity index is 739. The number of hydrogen-bond acceptors (Lipinski definition) is 2. The van der Waals surface area contributed by atoms with Crippen molar-refractivity contribution in [2.45, 2.75) is 26.3 Å². The highest BCUT2D eigenvalue weighted by molar-refractivity contribution is 6.11. The second-order valence-electron chi connectivity index (χ2n) is 5.66. The van der Waals surface area contributed by atoms with E-state index in [-0.39, 0.29) is 24.3 Å². The third kappa shape index (κ3) is 2.60. The van der Waals surface area contributed by atoms with Gasteiger partial charge in [0.1, 0.15) is 0 Å². The first kappa shape index (κ1) is 14.3. The highest BCUT2D eigenvalue weighted by atomic mass is 16.2. The largest absolute Gasteiger partial charge is 0.324 e. The summed E-state index contributed by atoms with van der Waals surface area (Å²) in [4.78, 5) is 26.6. The Hall–Kier alpha value is -2.62. The molecule has 0 saturated carbocycles. The molecule has 1 heterocycles. The SMILES string of the molecule is Cc1cccc(C(=O)N2c3ccccc3NC(=O)C[C@H]2C)c1. The maximum absolute atomic E-state index is 13.0. The minimum Gasteiger partial charge on any atom is -0.324 e. The number of amides is 2. The average molecular weight is 294 g/mol. The predicted octanol–water partition coefficient (Wildman–Crippen LogP) is 3.37. The van der Waals surface area contributed by atoms with Gasteiger partial charge in [0, 0.05) is 18.0 Å². The summed E-state index contributed by atoms with van der Waals surface area (Å²) in [6.45, 7) is 3.86. The predicted molar refractivity (Wildman–Crippen MR) is 87.1 cm³/mol. The van der Waals surface area contributed by atoms with Gasteiger partial charge in [-0.2, -0.15) is 0 Å². The summed E-state index contributed by atoms with van der Waals surface area (Å²) in [6, 6.07) is 14.7. The lowest BCUT2D eigenvalue weighted by Crippen LogP contribution is -2.39. The Labute approximate surface area is 129 Å². The van der Waals surface area contributed by atoms with Gasteiger partial charge in [-0.05, 0) is 38.1 Å².